The minimum atomic E-state index is -0.374. The lowest BCUT2D eigenvalue weighted by Crippen LogP contribution is -2.40. The van der Waals surface area contributed by atoms with Gasteiger partial charge in [-0.15, -0.1) is 0 Å². The summed E-state index contributed by atoms with van der Waals surface area (Å²) in [6, 6.07) is 1.69. The second-order valence-electron chi connectivity index (χ2n) is 3.65. The number of hydrogen-bond acceptors (Lipinski definition) is 3. The number of carbonyl (C=O) groups excluding carboxylic acids is 1. The molecule has 0 aromatic heterocycles. The molecule has 0 fully saturated rings. The first-order valence-corrected chi connectivity index (χ1v) is 5.62. The van der Waals surface area contributed by atoms with Crippen molar-refractivity contribution >= 4 is 5.91 Å². The number of nitrogens with zero attached hydrogens (tertiary/aromatic N) is 1. The van der Waals surface area contributed by atoms with Gasteiger partial charge in [0, 0.05) is 13.0 Å². The Morgan fingerprint density at radius 3 is 2.80 bits per heavy atom. The maximum absolute atomic E-state index is 11.4. The zero-order valence-electron chi connectivity index (χ0n) is 9.46. The lowest BCUT2D eigenvalue weighted by Gasteiger charge is -2.11. The lowest BCUT2D eigenvalue weighted by atomic mass is 10.1. The van der Waals surface area contributed by atoms with Crippen molar-refractivity contribution < 1.29 is 4.79 Å². The molecule has 15 heavy (non-hydrogen) atoms. The number of rotatable bonds is 8. The third kappa shape index (κ3) is 7.95. The number of nitrogens with two attached hydrogens (primary N) is 1. The van der Waals surface area contributed by atoms with Crippen LogP contribution >= 0.6 is 0 Å². The Hall–Kier alpha value is -1.08. The smallest absolute Gasteiger partial charge is 0.236 e. The van der Waals surface area contributed by atoms with E-state index < -0.39 is 0 Å². The van der Waals surface area contributed by atoms with Gasteiger partial charge in [0.1, 0.15) is 0 Å². The number of hydrogen-bond donors (Lipinski definition) is 2. The first kappa shape index (κ1) is 13.9. The summed E-state index contributed by atoms with van der Waals surface area (Å²) in [5.74, 6) is -0.0691. The number of amides is 1. The Bertz CT molecular complexity index is 210. The molecule has 0 saturated carbocycles. The van der Waals surface area contributed by atoms with Gasteiger partial charge in [0.05, 0.1) is 12.1 Å². The van der Waals surface area contributed by atoms with Crippen LogP contribution in [0.2, 0.25) is 0 Å². The fourth-order valence-electron chi connectivity index (χ4n) is 1.23. The van der Waals surface area contributed by atoms with E-state index in [-0.39, 0.29) is 11.9 Å². The largest absolute Gasteiger partial charge is 0.355 e. The predicted octanol–water partition coefficient (Wildman–Crippen LogP) is 1.31. The summed E-state index contributed by atoms with van der Waals surface area (Å²) in [6.45, 7) is 2.70. The second kappa shape index (κ2) is 9.47. The van der Waals surface area contributed by atoms with Crippen molar-refractivity contribution in [1.29, 1.82) is 5.26 Å². The van der Waals surface area contributed by atoms with E-state index in [1.54, 1.807) is 0 Å². The maximum atomic E-state index is 11.4. The van der Waals surface area contributed by atoms with Crippen LogP contribution in [0.15, 0.2) is 0 Å². The predicted molar refractivity (Wildman–Crippen MR) is 60.0 cm³/mol. The molecule has 0 heterocycles. The molecule has 1 atom stereocenters. The molecule has 0 bridgehead atoms. The first-order chi connectivity index (χ1) is 7.22. The fraction of sp³-hybridized carbons (Fsp3) is 0.818. The second-order valence-corrected chi connectivity index (χ2v) is 3.65. The van der Waals surface area contributed by atoms with Crippen molar-refractivity contribution in [2.45, 2.75) is 51.5 Å². The van der Waals surface area contributed by atoms with Crippen LogP contribution in [-0.2, 0) is 4.79 Å². The molecule has 0 saturated heterocycles. The molecule has 86 valence electrons. The first-order valence-electron chi connectivity index (χ1n) is 5.62. The molecule has 0 rings (SSSR count). The van der Waals surface area contributed by atoms with Crippen LogP contribution in [0.3, 0.4) is 0 Å². The molecule has 3 N–H and O–H groups in total. The van der Waals surface area contributed by atoms with Crippen LogP contribution in [0, 0.1) is 11.3 Å². The minimum Gasteiger partial charge on any atom is -0.355 e. The van der Waals surface area contributed by atoms with Gasteiger partial charge >= 0.3 is 0 Å². The Morgan fingerprint density at radius 2 is 2.20 bits per heavy atom. The third-order valence-electron chi connectivity index (χ3n) is 2.22. The van der Waals surface area contributed by atoms with E-state index in [4.69, 9.17) is 11.0 Å². The molecule has 1 unspecified atom stereocenters. The van der Waals surface area contributed by atoms with E-state index in [1.807, 2.05) is 0 Å². The van der Waals surface area contributed by atoms with Gasteiger partial charge in [-0.3, -0.25) is 4.79 Å². The van der Waals surface area contributed by atoms with Crippen molar-refractivity contribution in [2.24, 2.45) is 5.73 Å². The summed E-state index contributed by atoms with van der Waals surface area (Å²) in [5.41, 5.74) is 5.68. The van der Waals surface area contributed by atoms with Gasteiger partial charge in [-0.1, -0.05) is 19.8 Å². The number of nitrogens with one attached hydrogen (secondary N) is 1. The normalized spacial score (nSPS) is 11.8. The zero-order valence-corrected chi connectivity index (χ0v) is 9.46. The molecule has 0 aromatic carbocycles. The van der Waals surface area contributed by atoms with E-state index in [0.29, 0.717) is 13.0 Å². The molecule has 0 aliphatic carbocycles. The van der Waals surface area contributed by atoms with Gasteiger partial charge < -0.3 is 11.1 Å². The Labute approximate surface area is 91.8 Å². The molecular formula is C11H21N3O. The summed E-state index contributed by atoms with van der Waals surface area (Å²) < 4.78 is 0. The summed E-state index contributed by atoms with van der Waals surface area (Å²) in [5, 5.41) is 11.1. The van der Waals surface area contributed by atoms with Crippen molar-refractivity contribution in [1.82, 2.24) is 5.32 Å². The van der Waals surface area contributed by atoms with Crippen LogP contribution in [0.4, 0.5) is 0 Å². The number of nitriles is 1. The zero-order chi connectivity index (χ0) is 11.5. The molecule has 4 nitrogen and oxygen atoms in total. The van der Waals surface area contributed by atoms with Crippen molar-refractivity contribution in [3.63, 3.8) is 0 Å². The average molecular weight is 211 g/mol. The SMILES string of the molecule is CCCCC(N)C(=O)NCCCCC#N. The molecule has 0 aliphatic heterocycles. The number of unbranched alkanes of at least 4 members (excludes halogenated alkanes) is 3. The molecule has 4 heteroatoms. The van der Waals surface area contributed by atoms with Crippen LogP contribution in [-0.4, -0.2) is 18.5 Å². The summed E-state index contributed by atoms with van der Waals surface area (Å²) in [7, 11) is 0. The summed E-state index contributed by atoms with van der Waals surface area (Å²) >= 11 is 0. The van der Waals surface area contributed by atoms with E-state index in [2.05, 4.69) is 18.3 Å². The molecule has 0 aromatic rings. The van der Waals surface area contributed by atoms with Gasteiger partial charge in [-0.25, -0.2) is 0 Å². The van der Waals surface area contributed by atoms with E-state index in [9.17, 15) is 4.79 Å². The molecule has 0 aliphatic rings. The van der Waals surface area contributed by atoms with Gasteiger partial charge in [-0.2, -0.15) is 5.26 Å². The minimum absolute atomic E-state index is 0.0691. The molecule has 1 amide bonds. The topological polar surface area (TPSA) is 78.9 Å². The Kier molecular flexibility index (Phi) is 8.79. The summed E-state index contributed by atoms with van der Waals surface area (Å²) in [4.78, 5) is 11.4. The van der Waals surface area contributed by atoms with E-state index in [0.717, 1.165) is 32.1 Å². The highest BCUT2D eigenvalue weighted by molar-refractivity contribution is 5.81. The van der Waals surface area contributed by atoms with Gasteiger partial charge in [0.2, 0.25) is 5.91 Å². The van der Waals surface area contributed by atoms with E-state index >= 15 is 0 Å². The standard InChI is InChI=1S/C11H21N3O/c1-2-3-7-10(13)11(15)14-9-6-4-5-8-12/h10H,2-7,9,13H2,1H3,(H,14,15). The molecular weight excluding hydrogens is 190 g/mol. The highest BCUT2D eigenvalue weighted by Crippen LogP contribution is 1.98. The quantitative estimate of drug-likeness (QED) is 0.594. The van der Waals surface area contributed by atoms with Crippen molar-refractivity contribution in [3.05, 3.63) is 0 Å². The van der Waals surface area contributed by atoms with Crippen LogP contribution < -0.4 is 11.1 Å². The van der Waals surface area contributed by atoms with Crippen molar-refractivity contribution in [3.8, 4) is 6.07 Å². The Morgan fingerprint density at radius 1 is 1.47 bits per heavy atom. The average Bonchev–Trinajstić information content (AvgIpc) is 2.25. The van der Waals surface area contributed by atoms with E-state index in [1.165, 1.54) is 0 Å². The van der Waals surface area contributed by atoms with Gasteiger partial charge in [0.25, 0.3) is 0 Å². The van der Waals surface area contributed by atoms with Gasteiger partial charge in [-0.05, 0) is 19.3 Å². The van der Waals surface area contributed by atoms with Gasteiger partial charge in [0.15, 0.2) is 0 Å². The van der Waals surface area contributed by atoms with Crippen LogP contribution in [0.1, 0.15) is 45.4 Å². The Balaban J connectivity index is 3.43. The fourth-order valence-corrected chi connectivity index (χ4v) is 1.23. The monoisotopic (exact) mass is 211 g/mol. The molecule has 0 radical (unpaired) electrons. The highest BCUT2D eigenvalue weighted by Gasteiger charge is 2.11. The van der Waals surface area contributed by atoms with Crippen LogP contribution in [0.5, 0.6) is 0 Å². The van der Waals surface area contributed by atoms with Crippen molar-refractivity contribution in [2.75, 3.05) is 6.54 Å². The molecule has 0 spiro atoms. The number of carbonyl (C=O) groups is 1. The summed E-state index contributed by atoms with van der Waals surface area (Å²) in [6.07, 6.45) is 5.03. The van der Waals surface area contributed by atoms with Crippen LogP contribution in [0.25, 0.3) is 0 Å². The maximum Gasteiger partial charge on any atom is 0.236 e. The highest BCUT2D eigenvalue weighted by atomic mass is 16.2. The third-order valence-corrected chi connectivity index (χ3v) is 2.22. The lowest BCUT2D eigenvalue weighted by molar-refractivity contribution is -0.122.